The molecule has 5 heteroatoms. The van der Waals surface area contributed by atoms with Crippen LogP contribution in [-0.2, 0) is 6.42 Å². The summed E-state index contributed by atoms with van der Waals surface area (Å²) < 4.78 is 35.3. The zero-order chi connectivity index (χ0) is 9.90. The van der Waals surface area contributed by atoms with Gasteiger partial charge >= 0.3 is 6.18 Å². The van der Waals surface area contributed by atoms with Gasteiger partial charge in [-0.2, -0.15) is 13.2 Å². The first-order valence-electron chi connectivity index (χ1n) is 3.62. The van der Waals surface area contributed by atoms with Gasteiger partial charge in [0.15, 0.2) is 6.29 Å². The van der Waals surface area contributed by atoms with Crippen LogP contribution in [0.4, 0.5) is 13.2 Å². The fourth-order valence-electron chi connectivity index (χ4n) is 0.857. The summed E-state index contributed by atoms with van der Waals surface area (Å²) in [6.07, 6.45) is -4.35. The monoisotopic (exact) mass is 208 g/mol. The second-order valence-electron chi connectivity index (χ2n) is 2.54. The van der Waals surface area contributed by atoms with Crippen LogP contribution in [0.3, 0.4) is 0 Å². The summed E-state index contributed by atoms with van der Waals surface area (Å²) in [5, 5.41) is 0. The van der Waals surface area contributed by atoms with Gasteiger partial charge in [-0.1, -0.05) is 0 Å². The normalized spacial score (nSPS) is 11.6. The Labute approximate surface area is 77.2 Å². The second kappa shape index (κ2) is 3.91. The minimum Gasteiger partial charge on any atom is -0.297 e. The van der Waals surface area contributed by atoms with E-state index in [0.29, 0.717) is 16.0 Å². The Balaban J connectivity index is 2.50. The Bertz CT molecular complexity index is 290. The maximum atomic E-state index is 11.8. The molecule has 1 aromatic rings. The maximum Gasteiger partial charge on any atom is 0.389 e. The van der Waals surface area contributed by atoms with E-state index in [2.05, 4.69) is 0 Å². The summed E-state index contributed by atoms with van der Waals surface area (Å²) in [4.78, 5) is 11.3. The summed E-state index contributed by atoms with van der Waals surface area (Å²) >= 11 is 1.11. The van der Waals surface area contributed by atoms with Gasteiger partial charge in [-0.15, -0.1) is 11.3 Å². The molecule has 1 nitrogen and oxygen atoms in total. The highest BCUT2D eigenvalue weighted by atomic mass is 32.1. The van der Waals surface area contributed by atoms with E-state index >= 15 is 0 Å². The van der Waals surface area contributed by atoms with Gasteiger partial charge in [0.25, 0.3) is 0 Å². The highest BCUT2D eigenvalue weighted by Gasteiger charge is 2.26. The summed E-state index contributed by atoms with van der Waals surface area (Å²) in [5.41, 5.74) is 0. The van der Waals surface area contributed by atoms with Crippen LogP contribution in [0.5, 0.6) is 0 Å². The fourth-order valence-corrected chi connectivity index (χ4v) is 1.68. The minimum atomic E-state index is -4.12. The molecule has 0 unspecified atom stereocenters. The van der Waals surface area contributed by atoms with Crippen molar-refractivity contribution in [2.45, 2.75) is 19.0 Å². The predicted molar refractivity (Wildman–Crippen MR) is 44.1 cm³/mol. The Hall–Kier alpha value is -0.840. The number of aldehydes is 1. The lowest BCUT2D eigenvalue weighted by molar-refractivity contribution is -0.133. The van der Waals surface area contributed by atoms with Crippen molar-refractivity contribution in [3.8, 4) is 0 Å². The third-order valence-electron chi connectivity index (χ3n) is 1.45. The van der Waals surface area contributed by atoms with Gasteiger partial charge < -0.3 is 0 Å². The molecule has 0 aromatic carbocycles. The van der Waals surface area contributed by atoms with E-state index in [1.165, 1.54) is 6.07 Å². The van der Waals surface area contributed by atoms with Gasteiger partial charge in [0.1, 0.15) is 0 Å². The average Bonchev–Trinajstić information content (AvgIpc) is 2.47. The number of alkyl halides is 3. The number of halogens is 3. The van der Waals surface area contributed by atoms with Gasteiger partial charge in [-0.05, 0) is 18.6 Å². The maximum absolute atomic E-state index is 11.8. The molecule has 0 radical (unpaired) electrons. The molecule has 1 rings (SSSR count). The van der Waals surface area contributed by atoms with Crippen molar-refractivity contribution in [2.24, 2.45) is 0 Å². The molecule has 0 bridgehead atoms. The van der Waals surface area contributed by atoms with Gasteiger partial charge in [0, 0.05) is 11.3 Å². The molecule has 0 saturated carbocycles. The molecule has 0 aliphatic heterocycles. The van der Waals surface area contributed by atoms with Gasteiger partial charge in [-0.3, -0.25) is 4.79 Å². The SMILES string of the molecule is O=Cc1ccc(CCC(F)(F)F)s1. The molecule has 0 fully saturated rings. The van der Waals surface area contributed by atoms with Crippen molar-refractivity contribution in [1.29, 1.82) is 0 Å². The molecular weight excluding hydrogens is 201 g/mol. The molecule has 0 amide bonds. The minimum absolute atomic E-state index is 0.0397. The van der Waals surface area contributed by atoms with Gasteiger partial charge in [0.2, 0.25) is 0 Å². The summed E-state index contributed by atoms with van der Waals surface area (Å²) in [6.45, 7) is 0. The van der Waals surface area contributed by atoms with E-state index in [9.17, 15) is 18.0 Å². The molecule has 1 heterocycles. The van der Waals surface area contributed by atoms with Gasteiger partial charge in [0.05, 0.1) is 4.88 Å². The molecular formula is C8H7F3OS. The first kappa shape index (κ1) is 10.2. The number of thiophene rings is 1. The Kier molecular flexibility index (Phi) is 3.08. The van der Waals surface area contributed by atoms with Crippen molar-refractivity contribution in [1.82, 2.24) is 0 Å². The van der Waals surface area contributed by atoms with E-state index in [4.69, 9.17) is 0 Å². The smallest absolute Gasteiger partial charge is 0.297 e. The van der Waals surface area contributed by atoms with Gasteiger partial charge in [-0.25, -0.2) is 0 Å². The lowest BCUT2D eigenvalue weighted by Gasteiger charge is -2.03. The van der Waals surface area contributed by atoms with E-state index in [1.54, 1.807) is 6.07 Å². The first-order valence-corrected chi connectivity index (χ1v) is 4.43. The number of hydrogen-bond donors (Lipinski definition) is 0. The summed E-state index contributed by atoms with van der Waals surface area (Å²) in [6, 6.07) is 3.09. The van der Waals surface area contributed by atoms with Crippen LogP contribution in [0.15, 0.2) is 12.1 Å². The predicted octanol–water partition coefficient (Wildman–Crippen LogP) is 3.06. The second-order valence-corrected chi connectivity index (χ2v) is 3.74. The first-order chi connectivity index (χ1) is 6.01. The summed E-state index contributed by atoms with van der Waals surface area (Å²) in [5.74, 6) is 0. The molecule has 0 spiro atoms. The standard InChI is InChI=1S/C8H7F3OS/c9-8(10,11)4-3-6-1-2-7(5-12)13-6/h1-2,5H,3-4H2. The van der Waals surface area contributed by atoms with Crippen LogP contribution in [0.1, 0.15) is 21.0 Å². The Morgan fingerprint density at radius 2 is 2.08 bits per heavy atom. The van der Waals surface area contributed by atoms with Crippen molar-refractivity contribution < 1.29 is 18.0 Å². The number of aryl methyl sites for hydroxylation is 1. The number of carbonyl (C=O) groups is 1. The van der Waals surface area contributed by atoms with Crippen molar-refractivity contribution >= 4 is 17.6 Å². The van der Waals surface area contributed by atoms with E-state index in [1.807, 2.05) is 0 Å². The van der Waals surface area contributed by atoms with Crippen molar-refractivity contribution in [3.05, 3.63) is 21.9 Å². The van der Waals surface area contributed by atoms with Crippen LogP contribution in [0.25, 0.3) is 0 Å². The van der Waals surface area contributed by atoms with Crippen LogP contribution >= 0.6 is 11.3 Å². The van der Waals surface area contributed by atoms with Crippen LogP contribution < -0.4 is 0 Å². The third-order valence-corrected chi connectivity index (χ3v) is 2.52. The van der Waals surface area contributed by atoms with E-state index in [0.717, 1.165) is 11.3 Å². The molecule has 0 saturated heterocycles. The molecule has 0 aliphatic rings. The molecule has 0 N–H and O–H groups in total. The molecule has 0 atom stereocenters. The highest BCUT2D eigenvalue weighted by molar-refractivity contribution is 7.13. The highest BCUT2D eigenvalue weighted by Crippen LogP contribution is 2.24. The van der Waals surface area contributed by atoms with E-state index < -0.39 is 12.6 Å². The lowest BCUT2D eigenvalue weighted by atomic mass is 10.2. The number of rotatable bonds is 3. The Morgan fingerprint density at radius 1 is 1.38 bits per heavy atom. The molecule has 0 aliphatic carbocycles. The van der Waals surface area contributed by atoms with Crippen molar-refractivity contribution in [3.63, 3.8) is 0 Å². The van der Waals surface area contributed by atoms with Crippen LogP contribution in [0, 0.1) is 0 Å². The molecule has 13 heavy (non-hydrogen) atoms. The largest absolute Gasteiger partial charge is 0.389 e. The third kappa shape index (κ3) is 3.59. The number of hydrogen-bond acceptors (Lipinski definition) is 2. The van der Waals surface area contributed by atoms with Crippen LogP contribution in [-0.4, -0.2) is 12.5 Å². The zero-order valence-electron chi connectivity index (χ0n) is 6.60. The Morgan fingerprint density at radius 3 is 2.54 bits per heavy atom. The van der Waals surface area contributed by atoms with Crippen LogP contribution in [0.2, 0.25) is 0 Å². The van der Waals surface area contributed by atoms with E-state index in [-0.39, 0.29) is 6.42 Å². The lowest BCUT2D eigenvalue weighted by Crippen LogP contribution is -2.07. The average molecular weight is 208 g/mol. The van der Waals surface area contributed by atoms with Crippen molar-refractivity contribution in [2.75, 3.05) is 0 Å². The summed E-state index contributed by atoms with van der Waals surface area (Å²) in [7, 11) is 0. The topological polar surface area (TPSA) is 17.1 Å². The zero-order valence-corrected chi connectivity index (χ0v) is 7.41. The quantitative estimate of drug-likeness (QED) is 0.698. The molecule has 1 aromatic heterocycles. The number of carbonyl (C=O) groups excluding carboxylic acids is 1. The molecule has 72 valence electrons. The fraction of sp³-hybridized carbons (Fsp3) is 0.375.